The molecule has 0 N–H and O–H groups in total. The maximum absolute atomic E-state index is 12.5. The number of alkyl halides is 1. The Morgan fingerprint density at radius 3 is 2.45 bits per heavy atom. The molecule has 1 unspecified atom stereocenters. The van der Waals surface area contributed by atoms with Crippen LogP contribution < -0.4 is 0 Å². The van der Waals surface area contributed by atoms with Crippen molar-refractivity contribution >= 4 is 6.29 Å². The minimum absolute atomic E-state index is 0.646. The van der Waals surface area contributed by atoms with Crippen LogP contribution in [0.3, 0.4) is 0 Å². The Bertz CT molecular complexity index is 180. The summed E-state index contributed by atoms with van der Waals surface area (Å²) in [5.74, 6) is 0. The fourth-order valence-corrected chi connectivity index (χ4v) is 0.528. The molecule has 0 aliphatic heterocycles. The highest BCUT2D eigenvalue weighted by molar-refractivity contribution is 5.65. The Kier molecular flexibility index (Phi) is 6.19. The van der Waals surface area contributed by atoms with Crippen molar-refractivity contribution in [1.82, 2.24) is 0 Å². The van der Waals surface area contributed by atoms with E-state index in [1.54, 1.807) is 13.0 Å². The van der Waals surface area contributed by atoms with Gasteiger partial charge in [0.15, 0.2) is 0 Å². The van der Waals surface area contributed by atoms with Gasteiger partial charge in [0.05, 0.1) is 0 Å². The quantitative estimate of drug-likeness (QED) is 0.262. The summed E-state index contributed by atoms with van der Waals surface area (Å²) < 4.78 is 12.5. The summed E-state index contributed by atoms with van der Waals surface area (Å²) in [6, 6.07) is 0. The van der Waals surface area contributed by atoms with Crippen LogP contribution in [0.2, 0.25) is 0 Å². The SMILES string of the molecule is C/C=C\C(F)C=C/C=C/C=O. The number of allylic oxidation sites excluding steroid dienone is 6. The molecule has 1 nitrogen and oxygen atoms in total. The minimum atomic E-state index is -1.06. The summed E-state index contributed by atoms with van der Waals surface area (Å²) in [5.41, 5.74) is 0. The number of carbonyl (C=O) groups is 1. The summed E-state index contributed by atoms with van der Waals surface area (Å²) in [4.78, 5) is 9.75. The predicted molar refractivity (Wildman–Crippen MR) is 44.1 cm³/mol. The van der Waals surface area contributed by atoms with Crippen LogP contribution in [-0.2, 0) is 4.79 Å². The molecule has 0 radical (unpaired) electrons. The first kappa shape index (κ1) is 9.82. The van der Waals surface area contributed by atoms with Crippen LogP contribution in [0.5, 0.6) is 0 Å². The average molecular weight is 154 g/mol. The van der Waals surface area contributed by atoms with E-state index in [1.165, 1.54) is 30.4 Å². The number of carbonyl (C=O) groups excluding carboxylic acids is 1. The molecule has 60 valence electrons. The van der Waals surface area contributed by atoms with Crippen LogP contribution in [0.15, 0.2) is 36.5 Å². The summed E-state index contributed by atoms with van der Waals surface area (Å²) in [6.45, 7) is 1.75. The number of hydrogen-bond acceptors (Lipinski definition) is 1. The molecule has 0 bridgehead atoms. The maximum Gasteiger partial charge on any atom is 0.142 e. The van der Waals surface area contributed by atoms with Gasteiger partial charge >= 0.3 is 0 Å². The molecule has 0 rings (SSSR count). The Morgan fingerprint density at radius 1 is 1.18 bits per heavy atom. The van der Waals surface area contributed by atoms with Crippen LogP contribution >= 0.6 is 0 Å². The molecule has 0 aliphatic carbocycles. The lowest BCUT2D eigenvalue weighted by molar-refractivity contribution is -0.104. The van der Waals surface area contributed by atoms with Gasteiger partial charge < -0.3 is 0 Å². The van der Waals surface area contributed by atoms with Gasteiger partial charge in [-0.2, -0.15) is 0 Å². The highest BCUT2D eigenvalue weighted by Crippen LogP contribution is 1.94. The van der Waals surface area contributed by atoms with Crippen molar-refractivity contribution in [2.45, 2.75) is 13.1 Å². The summed E-state index contributed by atoms with van der Waals surface area (Å²) >= 11 is 0. The maximum atomic E-state index is 12.5. The van der Waals surface area contributed by atoms with Crippen molar-refractivity contribution in [2.75, 3.05) is 0 Å². The first-order valence-electron chi connectivity index (χ1n) is 3.36. The van der Waals surface area contributed by atoms with Crippen LogP contribution in [0.25, 0.3) is 0 Å². The van der Waals surface area contributed by atoms with E-state index in [1.807, 2.05) is 0 Å². The molecule has 0 saturated carbocycles. The first-order valence-corrected chi connectivity index (χ1v) is 3.36. The molecule has 2 heteroatoms. The van der Waals surface area contributed by atoms with E-state index in [-0.39, 0.29) is 0 Å². The lowest BCUT2D eigenvalue weighted by atomic mass is 10.3. The smallest absolute Gasteiger partial charge is 0.142 e. The monoisotopic (exact) mass is 154 g/mol. The standard InChI is InChI=1S/C9H11FO/c1-2-6-9(10)7-4-3-5-8-11/h2-9H,1H3/b5-3+,6-2-,7-4?. The van der Waals surface area contributed by atoms with E-state index in [9.17, 15) is 9.18 Å². The van der Waals surface area contributed by atoms with Crippen LogP contribution in [0, 0.1) is 0 Å². The van der Waals surface area contributed by atoms with Gasteiger partial charge in [0.25, 0.3) is 0 Å². The van der Waals surface area contributed by atoms with Gasteiger partial charge in [0, 0.05) is 0 Å². The molecule has 0 fully saturated rings. The molecular formula is C9H11FO. The second kappa shape index (κ2) is 6.93. The molecule has 11 heavy (non-hydrogen) atoms. The third-order valence-electron chi connectivity index (χ3n) is 0.972. The summed E-state index contributed by atoms with van der Waals surface area (Å²) in [6.07, 6.45) is 8.30. The van der Waals surface area contributed by atoms with Gasteiger partial charge in [-0.25, -0.2) is 4.39 Å². The van der Waals surface area contributed by atoms with Crippen LogP contribution in [0.1, 0.15) is 6.92 Å². The van der Waals surface area contributed by atoms with Crippen LogP contribution in [-0.4, -0.2) is 12.5 Å². The summed E-state index contributed by atoms with van der Waals surface area (Å²) in [7, 11) is 0. The zero-order valence-corrected chi connectivity index (χ0v) is 6.41. The van der Waals surface area contributed by atoms with E-state index >= 15 is 0 Å². The van der Waals surface area contributed by atoms with Gasteiger partial charge in [0.2, 0.25) is 0 Å². The van der Waals surface area contributed by atoms with E-state index in [2.05, 4.69) is 0 Å². The molecule has 1 atom stereocenters. The van der Waals surface area contributed by atoms with Crippen molar-refractivity contribution in [2.24, 2.45) is 0 Å². The molecule has 0 spiro atoms. The Labute approximate surface area is 65.9 Å². The van der Waals surface area contributed by atoms with Gasteiger partial charge in [0.1, 0.15) is 12.5 Å². The largest absolute Gasteiger partial charge is 0.299 e. The van der Waals surface area contributed by atoms with Crippen molar-refractivity contribution in [3.8, 4) is 0 Å². The number of halogens is 1. The third-order valence-corrected chi connectivity index (χ3v) is 0.972. The highest BCUT2D eigenvalue weighted by atomic mass is 19.1. The molecule has 0 aliphatic rings. The van der Waals surface area contributed by atoms with Crippen molar-refractivity contribution in [3.05, 3.63) is 36.5 Å². The predicted octanol–water partition coefficient (Wildman–Crippen LogP) is 2.21. The van der Waals surface area contributed by atoms with E-state index in [4.69, 9.17) is 0 Å². The van der Waals surface area contributed by atoms with Gasteiger partial charge in [-0.3, -0.25) is 4.79 Å². The summed E-state index contributed by atoms with van der Waals surface area (Å²) in [5, 5.41) is 0. The molecule has 0 aromatic heterocycles. The second-order valence-electron chi connectivity index (χ2n) is 1.88. The Morgan fingerprint density at radius 2 is 1.91 bits per heavy atom. The minimum Gasteiger partial charge on any atom is -0.299 e. The van der Waals surface area contributed by atoms with Crippen molar-refractivity contribution in [3.63, 3.8) is 0 Å². The number of hydrogen-bond donors (Lipinski definition) is 0. The average Bonchev–Trinajstić information content (AvgIpc) is 1.99. The zero-order valence-electron chi connectivity index (χ0n) is 6.41. The zero-order chi connectivity index (χ0) is 8.53. The molecule has 0 aromatic carbocycles. The number of aldehydes is 1. The Balaban J connectivity index is 3.72. The lowest BCUT2D eigenvalue weighted by Crippen LogP contribution is -1.85. The van der Waals surface area contributed by atoms with E-state index in [0.29, 0.717) is 6.29 Å². The Hall–Kier alpha value is -1.18. The molecular weight excluding hydrogens is 143 g/mol. The van der Waals surface area contributed by atoms with Crippen molar-refractivity contribution < 1.29 is 9.18 Å². The van der Waals surface area contributed by atoms with Gasteiger partial charge in [-0.1, -0.05) is 24.3 Å². The van der Waals surface area contributed by atoms with E-state index < -0.39 is 6.17 Å². The third kappa shape index (κ3) is 6.71. The van der Waals surface area contributed by atoms with E-state index in [0.717, 1.165) is 0 Å². The molecule has 0 saturated heterocycles. The molecule has 0 amide bonds. The normalized spacial score (nSPS) is 15.1. The molecule has 0 heterocycles. The van der Waals surface area contributed by atoms with Crippen molar-refractivity contribution in [1.29, 1.82) is 0 Å². The number of rotatable bonds is 4. The fourth-order valence-electron chi connectivity index (χ4n) is 0.528. The lowest BCUT2D eigenvalue weighted by Gasteiger charge is -1.88. The topological polar surface area (TPSA) is 17.1 Å². The van der Waals surface area contributed by atoms with Crippen LogP contribution in [0.4, 0.5) is 4.39 Å². The molecule has 0 aromatic rings. The first-order chi connectivity index (χ1) is 5.31. The van der Waals surface area contributed by atoms with Gasteiger partial charge in [-0.05, 0) is 19.1 Å². The highest BCUT2D eigenvalue weighted by Gasteiger charge is 1.89. The fraction of sp³-hybridized carbons (Fsp3) is 0.222. The second-order valence-corrected chi connectivity index (χ2v) is 1.88. The van der Waals surface area contributed by atoms with Gasteiger partial charge in [-0.15, -0.1) is 0 Å².